The lowest BCUT2D eigenvalue weighted by molar-refractivity contribution is 0.0745. The summed E-state index contributed by atoms with van der Waals surface area (Å²) in [6.45, 7) is 1.00. The molecule has 3 aliphatic rings. The van der Waals surface area contributed by atoms with Crippen LogP contribution in [-0.2, 0) is 9.84 Å². The fourth-order valence-corrected chi connectivity index (χ4v) is 4.50. The van der Waals surface area contributed by atoms with Crippen molar-refractivity contribution in [3.63, 3.8) is 0 Å². The highest BCUT2D eigenvalue weighted by Gasteiger charge is 2.45. The molecule has 0 aromatic heterocycles. The third kappa shape index (κ3) is 2.26. The average Bonchev–Trinajstić information content (AvgIpc) is 3.02. The first-order chi connectivity index (χ1) is 7.55. The largest absolute Gasteiger partial charge is 0.390 e. The maximum atomic E-state index is 11.5. The minimum atomic E-state index is -3.00. The Kier molecular flexibility index (Phi) is 2.53. The highest BCUT2D eigenvalue weighted by atomic mass is 32.2. The molecular weight excluding hydrogens is 226 g/mol. The summed E-state index contributed by atoms with van der Waals surface area (Å²) < 4.78 is 23.0. The number of hydrogen-bond donors (Lipinski definition) is 1. The summed E-state index contributed by atoms with van der Waals surface area (Å²) in [6.07, 6.45) is 4.24. The zero-order chi connectivity index (χ0) is 11.3. The summed E-state index contributed by atoms with van der Waals surface area (Å²) in [6, 6.07) is 0.423. The molecule has 1 aliphatic heterocycles. The van der Waals surface area contributed by atoms with E-state index in [9.17, 15) is 13.5 Å². The van der Waals surface area contributed by atoms with Crippen molar-refractivity contribution < 1.29 is 13.5 Å². The van der Waals surface area contributed by atoms with Crippen LogP contribution in [-0.4, -0.2) is 54.7 Å². The monoisotopic (exact) mass is 245 g/mol. The molecule has 2 saturated carbocycles. The van der Waals surface area contributed by atoms with E-state index in [1.54, 1.807) is 0 Å². The predicted octanol–water partition coefficient (Wildman–Crippen LogP) is 0.0187. The number of nitrogens with zero attached hydrogens (tertiary/aromatic N) is 1. The Morgan fingerprint density at radius 1 is 1.12 bits per heavy atom. The van der Waals surface area contributed by atoms with Crippen LogP contribution in [0, 0.1) is 5.92 Å². The molecule has 0 radical (unpaired) electrons. The molecule has 5 heteroatoms. The predicted molar refractivity (Wildman–Crippen MR) is 60.9 cm³/mol. The zero-order valence-corrected chi connectivity index (χ0v) is 10.2. The minimum Gasteiger partial charge on any atom is -0.390 e. The molecule has 3 rings (SSSR count). The summed E-state index contributed by atoms with van der Waals surface area (Å²) >= 11 is 0. The lowest BCUT2D eigenvalue weighted by Gasteiger charge is -2.30. The summed E-state index contributed by atoms with van der Waals surface area (Å²) in [5.74, 6) is 0.888. The van der Waals surface area contributed by atoms with Crippen molar-refractivity contribution in [2.75, 3.05) is 18.1 Å². The van der Waals surface area contributed by atoms with Crippen LogP contribution in [0.2, 0.25) is 0 Å². The van der Waals surface area contributed by atoms with Gasteiger partial charge in [0, 0.05) is 12.6 Å². The number of rotatable bonds is 4. The minimum absolute atomic E-state index is 0.0362. The van der Waals surface area contributed by atoms with Gasteiger partial charge in [-0.15, -0.1) is 0 Å². The van der Waals surface area contributed by atoms with Crippen LogP contribution in [0.25, 0.3) is 0 Å². The van der Waals surface area contributed by atoms with Gasteiger partial charge in [0.15, 0.2) is 9.84 Å². The first-order valence-corrected chi connectivity index (χ1v) is 8.01. The Morgan fingerprint density at radius 2 is 1.81 bits per heavy atom. The Morgan fingerprint density at radius 3 is 2.25 bits per heavy atom. The standard InChI is InChI=1S/C11H19NO3S/c13-11-7-16(14,15)6-10(11)12(9-3-4-9)5-8-1-2-8/h8-11,13H,1-7H2. The van der Waals surface area contributed by atoms with Crippen LogP contribution in [0.3, 0.4) is 0 Å². The van der Waals surface area contributed by atoms with Crippen molar-refractivity contribution in [2.24, 2.45) is 5.92 Å². The highest BCUT2D eigenvalue weighted by Crippen LogP contribution is 2.37. The topological polar surface area (TPSA) is 57.6 Å². The SMILES string of the molecule is O=S1(=O)CC(O)C(N(CC2CC2)C2CC2)C1. The van der Waals surface area contributed by atoms with Gasteiger partial charge in [0.05, 0.1) is 23.7 Å². The van der Waals surface area contributed by atoms with Crippen molar-refractivity contribution in [3.05, 3.63) is 0 Å². The van der Waals surface area contributed by atoms with Crippen molar-refractivity contribution >= 4 is 9.84 Å². The second kappa shape index (κ2) is 3.68. The smallest absolute Gasteiger partial charge is 0.154 e. The van der Waals surface area contributed by atoms with E-state index in [4.69, 9.17) is 0 Å². The Balaban J connectivity index is 1.72. The number of hydrogen-bond acceptors (Lipinski definition) is 4. The van der Waals surface area contributed by atoms with Gasteiger partial charge in [0.2, 0.25) is 0 Å². The summed E-state index contributed by atoms with van der Waals surface area (Å²) in [5, 5.41) is 9.88. The van der Waals surface area contributed by atoms with Gasteiger partial charge in [-0.3, -0.25) is 4.90 Å². The van der Waals surface area contributed by atoms with E-state index in [1.807, 2.05) is 0 Å². The Bertz CT molecular complexity index is 373. The quantitative estimate of drug-likeness (QED) is 0.758. The Labute approximate surface area is 96.6 Å². The molecule has 92 valence electrons. The van der Waals surface area contributed by atoms with Gasteiger partial charge >= 0.3 is 0 Å². The normalized spacial score (nSPS) is 38.1. The van der Waals surface area contributed by atoms with E-state index in [-0.39, 0.29) is 17.5 Å². The first-order valence-electron chi connectivity index (χ1n) is 6.19. The van der Waals surface area contributed by atoms with Crippen molar-refractivity contribution in [1.82, 2.24) is 4.90 Å². The van der Waals surface area contributed by atoms with Crippen LogP contribution < -0.4 is 0 Å². The molecule has 3 fully saturated rings. The molecule has 1 heterocycles. The molecule has 0 bridgehead atoms. The highest BCUT2D eigenvalue weighted by molar-refractivity contribution is 7.91. The molecule has 1 saturated heterocycles. The van der Waals surface area contributed by atoms with Crippen molar-refractivity contribution in [1.29, 1.82) is 0 Å². The van der Waals surface area contributed by atoms with Crippen LogP contribution in [0.5, 0.6) is 0 Å². The van der Waals surface area contributed by atoms with Crippen LogP contribution >= 0.6 is 0 Å². The maximum absolute atomic E-state index is 11.5. The van der Waals surface area contributed by atoms with E-state index in [2.05, 4.69) is 4.90 Å². The molecule has 2 aliphatic carbocycles. The molecule has 2 unspecified atom stereocenters. The fourth-order valence-electron chi connectivity index (χ4n) is 2.69. The lowest BCUT2D eigenvalue weighted by atomic mass is 10.1. The second-order valence-electron chi connectivity index (χ2n) is 5.58. The molecule has 2 atom stereocenters. The molecule has 1 N–H and O–H groups in total. The number of sulfone groups is 1. The van der Waals surface area contributed by atoms with Crippen LogP contribution in [0.1, 0.15) is 25.7 Å². The van der Waals surface area contributed by atoms with Gasteiger partial charge in [0.25, 0.3) is 0 Å². The third-order valence-corrected chi connectivity index (χ3v) is 5.60. The van der Waals surface area contributed by atoms with Crippen molar-refractivity contribution in [3.8, 4) is 0 Å². The molecule has 0 spiro atoms. The van der Waals surface area contributed by atoms with Crippen LogP contribution in [0.15, 0.2) is 0 Å². The Hall–Kier alpha value is -0.130. The molecule has 0 aromatic carbocycles. The molecular formula is C11H19NO3S. The first kappa shape index (κ1) is 11.0. The molecule has 16 heavy (non-hydrogen) atoms. The summed E-state index contributed by atoms with van der Waals surface area (Å²) in [7, 11) is -3.00. The van der Waals surface area contributed by atoms with Crippen molar-refractivity contribution in [2.45, 2.75) is 43.9 Å². The zero-order valence-electron chi connectivity index (χ0n) is 9.38. The molecule has 0 amide bonds. The van der Waals surface area contributed by atoms with Gasteiger partial charge in [-0.05, 0) is 31.6 Å². The average molecular weight is 245 g/mol. The van der Waals surface area contributed by atoms with E-state index >= 15 is 0 Å². The second-order valence-corrected chi connectivity index (χ2v) is 7.74. The molecule has 4 nitrogen and oxygen atoms in total. The van der Waals surface area contributed by atoms with Gasteiger partial charge in [-0.1, -0.05) is 0 Å². The van der Waals surface area contributed by atoms with Crippen LogP contribution in [0.4, 0.5) is 0 Å². The van der Waals surface area contributed by atoms with E-state index < -0.39 is 15.9 Å². The third-order valence-electron chi connectivity index (χ3n) is 3.90. The van der Waals surface area contributed by atoms with E-state index in [0.29, 0.717) is 6.04 Å². The fraction of sp³-hybridized carbons (Fsp3) is 1.00. The molecule has 0 aromatic rings. The van der Waals surface area contributed by atoms with Gasteiger partial charge < -0.3 is 5.11 Å². The number of aliphatic hydroxyl groups is 1. The summed E-state index contributed by atoms with van der Waals surface area (Å²) in [5.41, 5.74) is 0. The van der Waals surface area contributed by atoms with Gasteiger partial charge in [0.1, 0.15) is 0 Å². The maximum Gasteiger partial charge on any atom is 0.154 e. The summed E-state index contributed by atoms with van der Waals surface area (Å²) in [4.78, 5) is 2.28. The lowest BCUT2D eigenvalue weighted by Crippen LogP contribution is -2.45. The van der Waals surface area contributed by atoms with Gasteiger partial charge in [-0.25, -0.2) is 8.42 Å². The number of aliphatic hydroxyl groups excluding tert-OH is 1. The van der Waals surface area contributed by atoms with E-state index in [1.165, 1.54) is 25.7 Å². The van der Waals surface area contributed by atoms with E-state index in [0.717, 1.165) is 12.5 Å². The van der Waals surface area contributed by atoms with Gasteiger partial charge in [-0.2, -0.15) is 0 Å².